The number of rotatable bonds is 10. The van der Waals surface area contributed by atoms with Crippen molar-refractivity contribution in [2.75, 3.05) is 38.0 Å². The largest absolute Gasteiger partial charge is 0.465 e. The van der Waals surface area contributed by atoms with Gasteiger partial charge in [-0.15, -0.1) is 0 Å². The molecule has 1 saturated heterocycles. The summed E-state index contributed by atoms with van der Waals surface area (Å²) in [6.07, 6.45) is 8.34. The van der Waals surface area contributed by atoms with Crippen molar-refractivity contribution < 1.29 is 19.5 Å². The number of anilines is 1. The quantitative estimate of drug-likeness (QED) is 0.163. The minimum atomic E-state index is -1.01. The van der Waals surface area contributed by atoms with Crippen molar-refractivity contribution in [3.05, 3.63) is 114 Å². The van der Waals surface area contributed by atoms with Crippen molar-refractivity contribution in [2.24, 2.45) is 0 Å². The standard InChI is InChI=1S/C36H37N7O4/c44-34(39-20-22-43-21-2-4-32(25-43)42-36(46)47)29-8-5-26(6-9-29)7-10-30-23-31(11-12-33(30)28-14-17-37-18-15-28)41-35(45)40-19-13-27-3-1-16-38-24-27/h1,3,5-6,8-9,11-12,14-18,23-24,32,42H,2,4,13,19-22,25H2,(H,39,44)(H,46,47)(H2,40,41,45). The number of carboxylic acid groups (broad SMARTS) is 1. The third-order valence-electron chi connectivity index (χ3n) is 7.73. The molecule has 4 amide bonds. The van der Waals surface area contributed by atoms with Crippen molar-refractivity contribution in [1.29, 1.82) is 0 Å². The number of amides is 4. The number of likely N-dealkylation sites (tertiary alicyclic amines) is 1. The van der Waals surface area contributed by atoms with Crippen LogP contribution in [-0.4, -0.2) is 76.8 Å². The Bertz CT molecular complexity index is 1720. The molecule has 47 heavy (non-hydrogen) atoms. The lowest BCUT2D eigenvalue weighted by Gasteiger charge is -2.32. The molecule has 0 aliphatic carbocycles. The molecular weight excluding hydrogens is 594 g/mol. The van der Waals surface area contributed by atoms with E-state index in [9.17, 15) is 14.4 Å². The molecule has 1 aliphatic rings. The summed E-state index contributed by atoms with van der Waals surface area (Å²) in [7, 11) is 0. The van der Waals surface area contributed by atoms with Gasteiger partial charge in [-0.25, -0.2) is 9.59 Å². The lowest BCUT2D eigenvalue weighted by Crippen LogP contribution is -2.49. The minimum absolute atomic E-state index is 0.0853. The number of carbonyl (C=O) groups is 3. The second-order valence-corrected chi connectivity index (χ2v) is 11.2. The van der Waals surface area contributed by atoms with Gasteiger partial charge in [0.1, 0.15) is 0 Å². The first-order valence-corrected chi connectivity index (χ1v) is 15.5. The van der Waals surface area contributed by atoms with Gasteiger partial charge in [0.2, 0.25) is 0 Å². The van der Waals surface area contributed by atoms with Gasteiger partial charge in [0, 0.05) is 79.4 Å². The Morgan fingerprint density at radius 1 is 0.915 bits per heavy atom. The third kappa shape index (κ3) is 10.1. The molecule has 240 valence electrons. The van der Waals surface area contributed by atoms with Crippen molar-refractivity contribution in [1.82, 2.24) is 30.8 Å². The maximum Gasteiger partial charge on any atom is 0.404 e. The molecule has 11 heteroatoms. The molecule has 0 radical (unpaired) electrons. The van der Waals surface area contributed by atoms with E-state index in [1.165, 1.54) is 0 Å². The Morgan fingerprint density at radius 2 is 1.74 bits per heavy atom. The average Bonchev–Trinajstić information content (AvgIpc) is 3.08. The minimum Gasteiger partial charge on any atom is -0.465 e. The van der Waals surface area contributed by atoms with Crippen LogP contribution in [0.2, 0.25) is 0 Å². The van der Waals surface area contributed by atoms with Crippen LogP contribution in [0.5, 0.6) is 0 Å². The highest BCUT2D eigenvalue weighted by atomic mass is 16.4. The molecule has 1 unspecified atom stereocenters. The number of piperidine rings is 1. The number of nitrogens with one attached hydrogen (secondary N) is 4. The van der Waals surface area contributed by atoms with Gasteiger partial charge in [0.05, 0.1) is 0 Å². The number of pyridine rings is 2. The van der Waals surface area contributed by atoms with Crippen LogP contribution < -0.4 is 21.3 Å². The smallest absolute Gasteiger partial charge is 0.404 e. The van der Waals surface area contributed by atoms with Crippen LogP contribution in [0.1, 0.15) is 39.9 Å². The van der Waals surface area contributed by atoms with Gasteiger partial charge < -0.3 is 26.4 Å². The second-order valence-electron chi connectivity index (χ2n) is 11.2. The topological polar surface area (TPSA) is 149 Å². The number of hydrogen-bond donors (Lipinski definition) is 5. The van der Waals surface area contributed by atoms with Crippen LogP contribution >= 0.6 is 0 Å². The summed E-state index contributed by atoms with van der Waals surface area (Å²) >= 11 is 0. The van der Waals surface area contributed by atoms with Gasteiger partial charge in [0.15, 0.2) is 0 Å². The number of carbonyl (C=O) groups excluding carboxylic acids is 2. The molecule has 0 bridgehead atoms. The molecule has 1 aliphatic heterocycles. The number of hydrogen-bond acceptors (Lipinski definition) is 6. The van der Waals surface area contributed by atoms with Crippen molar-refractivity contribution >= 4 is 23.7 Å². The lowest BCUT2D eigenvalue weighted by molar-refractivity contribution is 0.0945. The fourth-order valence-electron chi connectivity index (χ4n) is 5.38. The van der Waals surface area contributed by atoms with Crippen molar-refractivity contribution in [3.8, 4) is 23.0 Å². The van der Waals surface area contributed by atoms with Gasteiger partial charge in [-0.3, -0.25) is 19.7 Å². The zero-order chi connectivity index (χ0) is 32.8. The number of urea groups is 1. The maximum absolute atomic E-state index is 12.7. The zero-order valence-corrected chi connectivity index (χ0v) is 25.9. The summed E-state index contributed by atoms with van der Waals surface area (Å²) in [5.41, 5.74) is 5.48. The number of nitrogens with zero attached hydrogens (tertiary/aromatic N) is 3. The molecule has 5 N–H and O–H groups in total. The zero-order valence-electron chi connectivity index (χ0n) is 25.9. The molecule has 2 aromatic carbocycles. The van der Waals surface area contributed by atoms with E-state index in [2.05, 4.69) is 48.0 Å². The molecule has 1 fully saturated rings. The summed E-state index contributed by atoms with van der Waals surface area (Å²) in [5.74, 6) is 6.25. The number of aromatic nitrogens is 2. The van der Waals surface area contributed by atoms with Crippen LogP contribution in [0.3, 0.4) is 0 Å². The van der Waals surface area contributed by atoms with E-state index in [4.69, 9.17) is 5.11 Å². The van der Waals surface area contributed by atoms with Crippen LogP contribution in [0.4, 0.5) is 15.3 Å². The van der Waals surface area contributed by atoms with Gasteiger partial charge in [-0.1, -0.05) is 24.0 Å². The SMILES string of the molecule is O=C(O)NC1CCCN(CCNC(=O)c2ccc(C#Cc3cc(NC(=O)NCCc4cccnc4)ccc3-c3ccncc3)cc2)C1. The highest BCUT2D eigenvalue weighted by molar-refractivity contribution is 5.94. The van der Waals surface area contributed by atoms with Gasteiger partial charge in [-0.2, -0.15) is 0 Å². The molecule has 0 saturated carbocycles. The average molecular weight is 632 g/mol. The monoisotopic (exact) mass is 631 g/mol. The molecule has 0 spiro atoms. The second kappa shape index (κ2) is 16.5. The summed E-state index contributed by atoms with van der Waals surface area (Å²) in [6.45, 7) is 3.09. The Balaban J connectivity index is 1.19. The Hall–Kier alpha value is -5.73. The molecule has 2 aromatic heterocycles. The van der Waals surface area contributed by atoms with Crippen LogP contribution in [-0.2, 0) is 6.42 Å². The maximum atomic E-state index is 12.7. The fourth-order valence-corrected chi connectivity index (χ4v) is 5.38. The van der Waals surface area contributed by atoms with Crippen LogP contribution in [0.25, 0.3) is 11.1 Å². The third-order valence-corrected chi connectivity index (χ3v) is 7.73. The van der Waals surface area contributed by atoms with Crippen LogP contribution in [0, 0.1) is 11.8 Å². The fraction of sp³-hybridized carbons (Fsp3) is 0.250. The summed E-state index contributed by atoms with van der Waals surface area (Å²) in [6, 6.07) is 19.9. The summed E-state index contributed by atoms with van der Waals surface area (Å²) in [4.78, 5) is 46.7. The van der Waals surface area contributed by atoms with Crippen LogP contribution in [0.15, 0.2) is 91.5 Å². The lowest BCUT2D eigenvalue weighted by atomic mass is 9.99. The number of benzene rings is 2. The Morgan fingerprint density at radius 3 is 2.51 bits per heavy atom. The highest BCUT2D eigenvalue weighted by Gasteiger charge is 2.21. The predicted octanol–water partition coefficient (Wildman–Crippen LogP) is 4.37. The summed E-state index contributed by atoms with van der Waals surface area (Å²) < 4.78 is 0. The molecule has 3 heterocycles. The molecule has 5 rings (SSSR count). The molecule has 1 atom stereocenters. The first kappa shape index (κ1) is 32.7. The first-order chi connectivity index (χ1) is 22.9. The van der Waals surface area contributed by atoms with Gasteiger partial charge in [-0.05, 0) is 97.1 Å². The van der Waals surface area contributed by atoms with E-state index in [0.717, 1.165) is 47.2 Å². The first-order valence-electron chi connectivity index (χ1n) is 15.5. The molecule has 4 aromatic rings. The van der Waals surface area contributed by atoms with E-state index in [-0.39, 0.29) is 18.0 Å². The Kier molecular flexibility index (Phi) is 11.5. The normalized spacial score (nSPS) is 14.3. The van der Waals surface area contributed by atoms with Crippen molar-refractivity contribution in [3.63, 3.8) is 0 Å². The Labute approximate surface area is 273 Å². The highest BCUT2D eigenvalue weighted by Crippen LogP contribution is 2.26. The van der Waals surface area contributed by atoms with E-state index in [0.29, 0.717) is 43.9 Å². The van der Waals surface area contributed by atoms with Gasteiger partial charge in [0.25, 0.3) is 5.91 Å². The summed E-state index contributed by atoms with van der Waals surface area (Å²) in [5, 5.41) is 20.2. The van der Waals surface area contributed by atoms with E-state index >= 15 is 0 Å². The van der Waals surface area contributed by atoms with Gasteiger partial charge >= 0.3 is 12.1 Å². The predicted molar refractivity (Wildman–Crippen MR) is 180 cm³/mol. The van der Waals surface area contributed by atoms with Crippen molar-refractivity contribution in [2.45, 2.75) is 25.3 Å². The molecular formula is C36H37N7O4. The van der Waals surface area contributed by atoms with E-state index in [1.807, 2.05) is 42.5 Å². The van der Waals surface area contributed by atoms with E-state index < -0.39 is 6.09 Å². The van der Waals surface area contributed by atoms with E-state index in [1.54, 1.807) is 49.1 Å². The molecule has 11 nitrogen and oxygen atoms in total.